The van der Waals surface area contributed by atoms with Crippen molar-refractivity contribution < 1.29 is 0 Å². The first-order valence-corrected chi connectivity index (χ1v) is 6.92. The maximum absolute atomic E-state index is 3.61. The molecule has 2 aliphatic rings. The second-order valence-electron chi connectivity index (χ2n) is 5.46. The highest BCUT2D eigenvalue weighted by Gasteiger charge is 2.26. The van der Waals surface area contributed by atoms with Gasteiger partial charge in [0.05, 0.1) is 0 Å². The van der Waals surface area contributed by atoms with Crippen LogP contribution in [-0.4, -0.2) is 25.2 Å². The second-order valence-corrected chi connectivity index (χ2v) is 5.46. The van der Waals surface area contributed by atoms with Crippen LogP contribution in [0.3, 0.4) is 0 Å². The number of anilines is 1. The lowest BCUT2D eigenvalue weighted by atomic mass is 9.96. The molecule has 0 radical (unpaired) electrons. The van der Waals surface area contributed by atoms with Crippen molar-refractivity contribution in [3.05, 3.63) is 29.8 Å². The Balaban J connectivity index is 1.81. The number of fused-ring (bicyclic) bond motifs is 1. The molecule has 1 saturated heterocycles. The van der Waals surface area contributed by atoms with Gasteiger partial charge in [0.2, 0.25) is 0 Å². The van der Waals surface area contributed by atoms with Crippen LogP contribution in [0, 0.1) is 0 Å². The van der Waals surface area contributed by atoms with Crippen molar-refractivity contribution in [3.8, 4) is 0 Å². The molecule has 0 amide bonds. The van der Waals surface area contributed by atoms with Gasteiger partial charge in [-0.2, -0.15) is 0 Å². The van der Waals surface area contributed by atoms with Gasteiger partial charge in [0.15, 0.2) is 0 Å². The molecule has 2 heterocycles. The lowest BCUT2D eigenvalue weighted by Crippen LogP contribution is -2.44. The van der Waals surface area contributed by atoms with E-state index >= 15 is 0 Å². The number of aryl methyl sites for hydroxylation is 1. The monoisotopic (exact) mass is 230 g/mol. The standard InChI is InChI=1S/C15H22N2/c1-12-8-9-13-5-2-3-7-15(13)17(12)11-14-6-4-10-16-14/h2-3,5,7,12,14,16H,4,6,8-11H2,1H3/t12?,14-/m1/s1. The summed E-state index contributed by atoms with van der Waals surface area (Å²) in [4.78, 5) is 2.61. The first-order chi connectivity index (χ1) is 8.34. The van der Waals surface area contributed by atoms with E-state index in [0.29, 0.717) is 12.1 Å². The Hall–Kier alpha value is -1.02. The molecule has 2 nitrogen and oxygen atoms in total. The summed E-state index contributed by atoms with van der Waals surface area (Å²) in [5.41, 5.74) is 3.00. The summed E-state index contributed by atoms with van der Waals surface area (Å²) in [5, 5.41) is 3.61. The number of rotatable bonds is 2. The maximum atomic E-state index is 3.61. The molecular weight excluding hydrogens is 208 g/mol. The Morgan fingerprint density at radius 1 is 1.29 bits per heavy atom. The summed E-state index contributed by atoms with van der Waals surface area (Å²) in [6.45, 7) is 4.75. The Labute approximate surface area is 104 Å². The van der Waals surface area contributed by atoms with Crippen LogP contribution in [-0.2, 0) is 6.42 Å². The number of para-hydroxylation sites is 1. The van der Waals surface area contributed by atoms with Gasteiger partial charge >= 0.3 is 0 Å². The molecule has 2 aliphatic heterocycles. The second kappa shape index (κ2) is 4.69. The quantitative estimate of drug-likeness (QED) is 0.840. The van der Waals surface area contributed by atoms with Gasteiger partial charge in [0.1, 0.15) is 0 Å². The Morgan fingerprint density at radius 2 is 2.18 bits per heavy atom. The van der Waals surface area contributed by atoms with Crippen molar-refractivity contribution in [2.45, 2.75) is 44.7 Å². The molecule has 1 unspecified atom stereocenters. The number of nitrogens with one attached hydrogen (secondary N) is 1. The molecule has 92 valence electrons. The van der Waals surface area contributed by atoms with Gasteiger partial charge in [-0.15, -0.1) is 0 Å². The molecule has 17 heavy (non-hydrogen) atoms. The van der Waals surface area contributed by atoms with Crippen LogP contribution in [0.2, 0.25) is 0 Å². The first kappa shape index (κ1) is 11.1. The van der Waals surface area contributed by atoms with E-state index in [9.17, 15) is 0 Å². The minimum absolute atomic E-state index is 0.687. The third kappa shape index (κ3) is 2.19. The lowest BCUT2D eigenvalue weighted by molar-refractivity contribution is 0.504. The van der Waals surface area contributed by atoms with E-state index in [1.54, 1.807) is 0 Å². The van der Waals surface area contributed by atoms with Gasteiger partial charge in [0, 0.05) is 24.3 Å². The van der Waals surface area contributed by atoms with Gasteiger partial charge in [-0.25, -0.2) is 0 Å². The molecule has 3 rings (SSSR count). The lowest BCUT2D eigenvalue weighted by Gasteiger charge is -2.38. The average Bonchev–Trinajstić information content (AvgIpc) is 2.86. The third-order valence-corrected chi connectivity index (χ3v) is 4.24. The highest BCUT2D eigenvalue weighted by Crippen LogP contribution is 2.30. The molecule has 1 aromatic carbocycles. The van der Waals surface area contributed by atoms with Gasteiger partial charge in [0.25, 0.3) is 0 Å². The summed E-state index contributed by atoms with van der Waals surface area (Å²) < 4.78 is 0. The zero-order valence-electron chi connectivity index (χ0n) is 10.7. The van der Waals surface area contributed by atoms with E-state index in [0.717, 1.165) is 0 Å². The molecule has 0 bridgehead atoms. The van der Waals surface area contributed by atoms with E-state index in [1.165, 1.54) is 50.0 Å². The summed E-state index contributed by atoms with van der Waals surface area (Å²) in [6, 6.07) is 10.3. The Kier molecular flexibility index (Phi) is 3.06. The Morgan fingerprint density at radius 3 is 3.00 bits per heavy atom. The van der Waals surface area contributed by atoms with E-state index < -0.39 is 0 Å². The highest BCUT2D eigenvalue weighted by atomic mass is 15.2. The van der Waals surface area contributed by atoms with Gasteiger partial charge < -0.3 is 10.2 Å². The fourth-order valence-corrected chi connectivity index (χ4v) is 3.19. The fourth-order valence-electron chi connectivity index (χ4n) is 3.19. The minimum atomic E-state index is 0.687. The van der Waals surface area contributed by atoms with Crippen molar-refractivity contribution in [2.24, 2.45) is 0 Å². The smallest absolute Gasteiger partial charge is 0.0401 e. The molecule has 0 aromatic heterocycles. The zero-order chi connectivity index (χ0) is 11.7. The molecule has 2 heteroatoms. The van der Waals surface area contributed by atoms with E-state index in [-0.39, 0.29) is 0 Å². The summed E-state index contributed by atoms with van der Waals surface area (Å²) in [6.07, 6.45) is 5.22. The number of hydrogen-bond donors (Lipinski definition) is 1. The predicted octanol–water partition coefficient (Wildman–Crippen LogP) is 2.58. The molecule has 1 aromatic rings. The largest absolute Gasteiger partial charge is 0.367 e. The number of hydrogen-bond acceptors (Lipinski definition) is 2. The fraction of sp³-hybridized carbons (Fsp3) is 0.600. The summed E-state index contributed by atoms with van der Waals surface area (Å²) >= 11 is 0. The highest BCUT2D eigenvalue weighted by molar-refractivity contribution is 5.56. The van der Waals surface area contributed by atoms with Crippen molar-refractivity contribution in [1.82, 2.24) is 5.32 Å². The van der Waals surface area contributed by atoms with E-state index in [2.05, 4.69) is 41.4 Å². The van der Waals surface area contributed by atoms with Gasteiger partial charge in [-0.1, -0.05) is 18.2 Å². The van der Waals surface area contributed by atoms with Crippen LogP contribution >= 0.6 is 0 Å². The van der Waals surface area contributed by atoms with Crippen LogP contribution in [0.15, 0.2) is 24.3 Å². The predicted molar refractivity (Wildman–Crippen MR) is 72.6 cm³/mol. The van der Waals surface area contributed by atoms with Crippen molar-refractivity contribution in [3.63, 3.8) is 0 Å². The van der Waals surface area contributed by atoms with Crippen molar-refractivity contribution in [2.75, 3.05) is 18.0 Å². The van der Waals surface area contributed by atoms with Crippen LogP contribution in [0.5, 0.6) is 0 Å². The zero-order valence-corrected chi connectivity index (χ0v) is 10.7. The number of benzene rings is 1. The first-order valence-electron chi connectivity index (χ1n) is 6.92. The van der Waals surface area contributed by atoms with Crippen LogP contribution < -0.4 is 10.2 Å². The summed E-state index contributed by atoms with van der Waals surface area (Å²) in [5.74, 6) is 0. The molecule has 2 atom stereocenters. The molecule has 0 aliphatic carbocycles. The topological polar surface area (TPSA) is 15.3 Å². The van der Waals surface area contributed by atoms with Gasteiger partial charge in [-0.3, -0.25) is 0 Å². The molecule has 0 saturated carbocycles. The van der Waals surface area contributed by atoms with Crippen LogP contribution in [0.1, 0.15) is 31.7 Å². The van der Waals surface area contributed by atoms with Crippen LogP contribution in [0.4, 0.5) is 5.69 Å². The van der Waals surface area contributed by atoms with Gasteiger partial charge in [-0.05, 0) is 50.8 Å². The minimum Gasteiger partial charge on any atom is -0.367 e. The van der Waals surface area contributed by atoms with Crippen LogP contribution in [0.25, 0.3) is 0 Å². The average molecular weight is 230 g/mol. The Bertz CT molecular complexity index is 382. The maximum Gasteiger partial charge on any atom is 0.0401 e. The molecule has 0 spiro atoms. The number of nitrogens with zero attached hydrogens (tertiary/aromatic N) is 1. The van der Waals surface area contributed by atoms with Crippen molar-refractivity contribution in [1.29, 1.82) is 0 Å². The molecule has 1 N–H and O–H groups in total. The summed E-state index contributed by atoms with van der Waals surface area (Å²) in [7, 11) is 0. The normalized spacial score (nSPS) is 28.2. The SMILES string of the molecule is CC1CCc2ccccc2N1C[C@H]1CCCN1. The van der Waals surface area contributed by atoms with Crippen molar-refractivity contribution >= 4 is 5.69 Å². The van der Waals surface area contributed by atoms with E-state index in [4.69, 9.17) is 0 Å². The van der Waals surface area contributed by atoms with E-state index in [1.807, 2.05) is 0 Å². The molecule has 1 fully saturated rings. The third-order valence-electron chi connectivity index (χ3n) is 4.24. The molecular formula is C15H22N2.